The second-order valence-electron chi connectivity index (χ2n) is 4.42. The van der Waals surface area contributed by atoms with Crippen LogP contribution < -0.4 is 4.74 Å². The quantitative estimate of drug-likeness (QED) is 0.570. The molecule has 98 valence electrons. The third-order valence-corrected chi connectivity index (χ3v) is 3.07. The minimum absolute atomic E-state index is 0.206. The molecule has 2 atom stereocenters. The number of ether oxygens (including phenoxy) is 3. The molecule has 0 aromatic heterocycles. The molecule has 1 aliphatic heterocycles. The first-order valence-electron chi connectivity index (χ1n) is 6.35. The minimum atomic E-state index is -0.232. The third kappa shape index (κ3) is 3.34. The second-order valence-corrected chi connectivity index (χ2v) is 4.42. The number of hydrogen-bond acceptors (Lipinski definition) is 3. The summed E-state index contributed by atoms with van der Waals surface area (Å²) < 4.78 is 16.7. The van der Waals surface area contributed by atoms with Gasteiger partial charge in [-0.15, -0.1) is 6.58 Å². The largest absolute Gasteiger partial charge is 0.497 e. The molecule has 1 aromatic carbocycles. The van der Waals surface area contributed by atoms with E-state index in [2.05, 4.69) is 6.58 Å². The highest BCUT2D eigenvalue weighted by Crippen LogP contribution is 2.29. The zero-order valence-corrected chi connectivity index (χ0v) is 10.8. The van der Waals surface area contributed by atoms with E-state index in [-0.39, 0.29) is 12.4 Å². The highest BCUT2D eigenvalue weighted by molar-refractivity contribution is 5.28. The Hall–Kier alpha value is -1.32. The van der Waals surface area contributed by atoms with Gasteiger partial charge in [-0.2, -0.15) is 0 Å². The van der Waals surface area contributed by atoms with Crippen molar-refractivity contribution in [2.24, 2.45) is 0 Å². The van der Waals surface area contributed by atoms with Crippen molar-refractivity contribution < 1.29 is 14.2 Å². The molecular weight excluding hydrogens is 228 g/mol. The lowest BCUT2D eigenvalue weighted by Crippen LogP contribution is -2.09. The SMILES string of the molecule is C=CCCC[C@@H]1COC(c2ccc(OC)cc2)O1. The fourth-order valence-electron chi connectivity index (χ4n) is 2.03. The predicted molar refractivity (Wildman–Crippen MR) is 70.6 cm³/mol. The van der Waals surface area contributed by atoms with E-state index in [1.165, 1.54) is 0 Å². The van der Waals surface area contributed by atoms with Gasteiger partial charge in [-0.3, -0.25) is 0 Å². The standard InChI is InChI=1S/C15H20O3/c1-3-4-5-6-14-11-17-15(18-14)12-7-9-13(16-2)10-8-12/h3,7-10,14-15H,1,4-6,11H2,2H3/t14-,15?/m1/s1. The Balaban J connectivity index is 1.85. The minimum Gasteiger partial charge on any atom is -0.497 e. The van der Waals surface area contributed by atoms with Gasteiger partial charge in [-0.05, 0) is 31.4 Å². The van der Waals surface area contributed by atoms with Gasteiger partial charge in [-0.25, -0.2) is 0 Å². The van der Waals surface area contributed by atoms with Crippen LogP contribution in [0.1, 0.15) is 31.1 Å². The first-order chi connectivity index (χ1) is 8.83. The average molecular weight is 248 g/mol. The summed E-state index contributed by atoms with van der Waals surface area (Å²) in [5.41, 5.74) is 1.04. The molecule has 1 heterocycles. The molecule has 0 amide bonds. The van der Waals surface area contributed by atoms with Gasteiger partial charge in [0.25, 0.3) is 0 Å². The number of unbranched alkanes of at least 4 members (excludes halogenated alkanes) is 1. The molecule has 3 nitrogen and oxygen atoms in total. The van der Waals surface area contributed by atoms with Crippen LogP contribution >= 0.6 is 0 Å². The summed E-state index contributed by atoms with van der Waals surface area (Å²) >= 11 is 0. The first-order valence-corrected chi connectivity index (χ1v) is 6.35. The summed E-state index contributed by atoms with van der Waals surface area (Å²) in [6, 6.07) is 7.81. The van der Waals surface area contributed by atoms with Crippen LogP contribution in [0.25, 0.3) is 0 Å². The molecule has 0 bridgehead atoms. The lowest BCUT2D eigenvalue weighted by atomic mass is 10.1. The number of hydrogen-bond donors (Lipinski definition) is 0. The summed E-state index contributed by atoms with van der Waals surface area (Å²) in [6.45, 7) is 4.39. The van der Waals surface area contributed by atoms with E-state index in [9.17, 15) is 0 Å². The maximum Gasteiger partial charge on any atom is 0.184 e. The highest BCUT2D eigenvalue weighted by atomic mass is 16.7. The topological polar surface area (TPSA) is 27.7 Å². The van der Waals surface area contributed by atoms with Crippen molar-refractivity contribution in [1.82, 2.24) is 0 Å². The van der Waals surface area contributed by atoms with Gasteiger partial charge >= 0.3 is 0 Å². The number of benzene rings is 1. The van der Waals surface area contributed by atoms with Crippen LogP contribution in [0.2, 0.25) is 0 Å². The number of allylic oxidation sites excluding steroid dienone is 1. The van der Waals surface area contributed by atoms with Crippen LogP contribution in [0.5, 0.6) is 5.75 Å². The van der Waals surface area contributed by atoms with Crippen molar-refractivity contribution in [2.75, 3.05) is 13.7 Å². The molecule has 1 saturated heterocycles. The van der Waals surface area contributed by atoms with Crippen LogP contribution in [0.4, 0.5) is 0 Å². The predicted octanol–water partition coefficient (Wildman–Crippen LogP) is 3.47. The molecule has 3 heteroatoms. The monoisotopic (exact) mass is 248 g/mol. The number of methoxy groups -OCH3 is 1. The Bertz CT molecular complexity index is 372. The molecule has 1 unspecified atom stereocenters. The van der Waals surface area contributed by atoms with Gasteiger partial charge in [0, 0.05) is 5.56 Å². The molecule has 0 aliphatic carbocycles. The molecule has 0 radical (unpaired) electrons. The third-order valence-electron chi connectivity index (χ3n) is 3.07. The summed E-state index contributed by atoms with van der Waals surface area (Å²) in [7, 11) is 1.66. The normalized spacial score (nSPS) is 22.9. The van der Waals surface area contributed by atoms with E-state index in [4.69, 9.17) is 14.2 Å². The van der Waals surface area contributed by atoms with Crippen LogP contribution in [-0.2, 0) is 9.47 Å². The Kier molecular flexibility index (Phi) is 4.79. The highest BCUT2D eigenvalue weighted by Gasteiger charge is 2.26. The van der Waals surface area contributed by atoms with E-state index < -0.39 is 0 Å². The summed E-state index contributed by atoms with van der Waals surface area (Å²) in [6.07, 6.45) is 5.08. The summed E-state index contributed by atoms with van der Waals surface area (Å²) in [4.78, 5) is 0. The summed E-state index contributed by atoms with van der Waals surface area (Å²) in [5.74, 6) is 0.847. The zero-order valence-electron chi connectivity index (χ0n) is 10.8. The van der Waals surface area contributed by atoms with Crippen LogP contribution in [0.3, 0.4) is 0 Å². The van der Waals surface area contributed by atoms with Crippen molar-refractivity contribution in [3.63, 3.8) is 0 Å². The maximum absolute atomic E-state index is 5.87. The summed E-state index contributed by atoms with van der Waals surface area (Å²) in [5, 5.41) is 0. The van der Waals surface area contributed by atoms with E-state index in [0.29, 0.717) is 6.61 Å². The first kappa shape index (κ1) is 13.1. The lowest BCUT2D eigenvalue weighted by Gasteiger charge is -2.12. The van der Waals surface area contributed by atoms with Gasteiger partial charge in [0.15, 0.2) is 6.29 Å². The Morgan fingerprint density at radius 1 is 1.39 bits per heavy atom. The van der Waals surface area contributed by atoms with Crippen molar-refractivity contribution in [1.29, 1.82) is 0 Å². The molecule has 1 aromatic rings. The molecule has 0 saturated carbocycles. The Morgan fingerprint density at radius 2 is 2.17 bits per heavy atom. The second kappa shape index (κ2) is 6.57. The fourth-order valence-corrected chi connectivity index (χ4v) is 2.03. The van der Waals surface area contributed by atoms with Gasteiger partial charge in [0.05, 0.1) is 19.8 Å². The van der Waals surface area contributed by atoms with Gasteiger partial charge in [0.2, 0.25) is 0 Å². The van der Waals surface area contributed by atoms with Crippen molar-refractivity contribution in [3.05, 3.63) is 42.5 Å². The Morgan fingerprint density at radius 3 is 2.83 bits per heavy atom. The van der Waals surface area contributed by atoms with E-state index in [1.54, 1.807) is 7.11 Å². The van der Waals surface area contributed by atoms with Gasteiger partial charge in [-0.1, -0.05) is 18.2 Å². The molecule has 1 fully saturated rings. The van der Waals surface area contributed by atoms with E-state index in [0.717, 1.165) is 30.6 Å². The van der Waals surface area contributed by atoms with E-state index >= 15 is 0 Å². The maximum atomic E-state index is 5.87. The molecular formula is C15H20O3. The van der Waals surface area contributed by atoms with Crippen molar-refractivity contribution >= 4 is 0 Å². The van der Waals surface area contributed by atoms with Crippen LogP contribution in [-0.4, -0.2) is 19.8 Å². The van der Waals surface area contributed by atoms with Crippen LogP contribution in [0.15, 0.2) is 36.9 Å². The smallest absolute Gasteiger partial charge is 0.184 e. The number of rotatable bonds is 6. The molecule has 0 N–H and O–H groups in total. The lowest BCUT2D eigenvalue weighted by molar-refractivity contribution is -0.0613. The van der Waals surface area contributed by atoms with Gasteiger partial charge in [0.1, 0.15) is 5.75 Å². The zero-order chi connectivity index (χ0) is 12.8. The van der Waals surface area contributed by atoms with Crippen LogP contribution in [0, 0.1) is 0 Å². The molecule has 18 heavy (non-hydrogen) atoms. The Labute approximate surface area is 108 Å². The van der Waals surface area contributed by atoms with Crippen molar-refractivity contribution in [3.8, 4) is 5.75 Å². The average Bonchev–Trinajstić information content (AvgIpc) is 2.88. The molecule has 0 spiro atoms. The molecule has 1 aliphatic rings. The molecule has 2 rings (SSSR count). The van der Waals surface area contributed by atoms with E-state index in [1.807, 2.05) is 30.3 Å². The van der Waals surface area contributed by atoms with Crippen molar-refractivity contribution in [2.45, 2.75) is 31.7 Å². The van der Waals surface area contributed by atoms with Gasteiger partial charge < -0.3 is 14.2 Å². The fraction of sp³-hybridized carbons (Fsp3) is 0.467.